The number of benzene rings is 1. The molecule has 0 saturated heterocycles. The van der Waals surface area contributed by atoms with Crippen molar-refractivity contribution >= 4 is 5.97 Å². The van der Waals surface area contributed by atoms with Crippen molar-refractivity contribution in [2.75, 3.05) is 13.2 Å². The van der Waals surface area contributed by atoms with Gasteiger partial charge in [0, 0.05) is 0 Å². The third-order valence-electron chi connectivity index (χ3n) is 2.75. The zero-order valence-corrected chi connectivity index (χ0v) is 11.7. The van der Waals surface area contributed by atoms with Crippen molar-refractivity contribution in [3.8, 4) is 5.75 Å². The van der Waals surface area contributed by atoms with Crippen LogP contribution in [0.2, 0.25) is 0 Å². The van der Waals surface area contributed by atoms with Gasteiger partial charge in [0.25, 0.3) is 0 Å². The molecule has 0 radical (unpaired) electrons. The Bertz CT molecular complexity index is 397. The number of aryl methyl sites for hydroxylation is 1. The molecule has 0 aliphatic heterocycles. The maximum absolute atomic E-state index is 11.2. The fraction of sp³-hybridized carbons (Fsp3) is 0.533. The van der Waals surface area contributed by atoms with Gasteiger partial charge in [-0.25, -0.2) is 0 Å². The summed E-state index contributed by atoms with van der Waals surface area (Å²) in [5.74, 6) is 1.11. The third-order valence-corrected chi connectivity index (χ3v) is 2.75. The summed E-state index contributed by atoms with van der Waals surface area (Å²) in [6.45, 7) is 8.88. The van der Waals surface area contributed by atoms with Gasteiger partial charge >= 0.3 is 5.97 Å². The van der Waals surface area contributed by atoms with Crippen LogP contribution in [-0.2, 0) is 9.53 Å². The van der Waals surface area contributed by atoms with Gasteiger partial charge in [0.1, 0.15) is 5.75 Å². The van der Waals surface area contributed by atoms with Crippen LogP contribution in [-0.4, -0.2) is 19.2 Å². The van der Waals surface area contributed by atoms with Gasteiger partial charge in [-0.05, 0) is 37.0 Å². The van der Waals surface area contributed by atoms with Crippen LogP contribution in [0.4, 0.5) is 0 Å². The van der Waals surface area contributed by atoms with E-state index in [2.05, 4.69) is 26.0 Å². The maximum Gasteiger partial charge on any atom is 0.309 e. The van der Waals surface area contributed by atoms with Crippen molar-refractivity contribution in [2.45, 2.75) is 40.0 Å². The summed E-state index contributed by atoms with van der Waals surface area (Å²) in [5.41, 5.74) is 2.33. The van der Waals surface area contributed by atoms with Crippen molar-refractivity contribution in [3.05, 3.63) is 29.3 Å². The average molecular weight is 250 g/mol. The normalized spacial score (nSPS) is 10.5. The van der Waals surface area contributed by atoms with Crippen LogP contribution in [0.15, 0.2) is 18.2 Å². The minimum Gasteiger partial charge on any atom is -0.493 e. The first-order valence-electron chi connectivity index (χ1n) is 6.43. The fourth-order valence-corrected chi connectivity index (χ4v) is 1.61. The SMILES string of the molecule is CCOC(=O)CCOc1cc(C(C)C)ccc1C. The fourth-order valence-electron chi connectivity index (χ4n) is 1.61. The van der Waals surface area contributed by atoms with Crippen LogP contribution < -0.4 is 4.74 Å². The van der Waals surface area contributed by atoms with Crippen LogP contribution in [0.5, 0.6) is 5.75 Å². The smallest absolute Gasteiger partial charge is 0.309 e. The number of hydrogen-bond donors (Lipinski definition) is 0. The molecule has 0 amide bonds. The highest BCUT2D eigenvalue weighted by molar-refractivity contribution is 5.69. The van der Waals surface area contributed by atoms with E-state index in [1.807, 2.05) is 13.0 Å². The minimum atomic E-state index is -0.213. The lowest BCUT2D eigenvalue weighted by Gasteiger charge is -2.12. The lowest BCUT2D eigenvalue weighted by molar-refractivity contribution is -0.143. The monoisotopic (exact) mass is 250 g/mol. The first-order chi connectivity index (χ1) is 8.54. The number of esters is 1. The summed E-state index contributed by atoms with van der Waals surface area (Å²) in [4.78, 5) is 11.2. The predicted octanol–water partition coefficient (Wildman–Crippen LogP) is 3.45. The molecule has 0 fully saturated rings. The molecule has 0 unspecified atom stereocenters. The Morgan fingerprint density at radius 3 is 2.67 bits per heavy atom. The molecule has 3 nitrogen and oxygen atoms in total. The molecular weight excluding hydrogens is 228 g/mol. The van der Waals surface area contributed by atoms with E-state index in [0.717, 1.165) is 11.3 Å². The van der Waals surface area contributed by atoms with Crippen molar-refractivity contribution < 1.29 is 14.3 Å². The first-order valence-corrected chi connectivity index (χ1v) is 6.43. The first kappa shape index (κ1) is 14.6. The van der Waals surface area contributed by atoms with Crippen molar-refractivity contribution in [1.29, 1.82) is 0 Å². The van der Waals surface area contributed by atoms with Gasteiger partial charge in [-0.15, -0.1) is 0 Å². The van der Waals surface area contributed by atoms with Crippen molar-refractivity contribution in [1.82, 2.24) is 0 Å². The topological polar surface area (TPSA) is 35.5 Å². The average Bonchev–Trinajstić information content (AvgIpc) is 2.31. The Balaban J connectivity index is 2.56. The lowest BCUT2D eigenvalue weighted by atomic mass is 10.0. The second kappa shape index (κ2) is 7.04. The van der Waals surface area contributed by atoms with E-state index in [1.54, 1.807) is 6.92 Å². The van der Waals surface area contributed by atoms with Crippen LogP contribution in [0.1, 0.15) is 44.2 Å². The lowest BCUT2D eigenvalue weighted by Crippen LogP contribution is -2.10. The van der Waals surface area contributed by atoms with E-state index in [-0.39, 0.29) is 5.97 Å². The Kier molecular flexibility index (Phi) is 5.69. The summed E-state index contributed by atoms with van der Waals surface area (Å²) >= 11 is 0. The summed E-state index contributed by atoms with van der Waals surface area (Å²) < 4.78 is 10.5. The van der Waals surface area contributed by atoms with Gasteiger partial charge in [-0.3, -0.25) is 4.79 Å². The molecular formula is C15H22O3. The number of hydrogen-bond acceptors (Lipinski definition) is 3. The Morgan fingerprint density at radius 1 is 1.33 bits per heavy atom. The predicted molar refractivity (Wildman–Crippen MR) is 72.0 cm³/mol. The van der Waals surface area contributed by atoms with Gasteiger partial charge in [-0.1, -0.05) is 26.0 Å². The zero-order chi connectivity index (χ0) is 13.5. The van der Waals surface area contributed by atoms with Gasteiger partial charge < -0.3 is 9.47 Å². The second-order valence-electron chi connectivity index (χ2n) is 4.58. The Hall–Kier alpha value is -1.51. The Morgan fingerprint density at radius 2 is 2.06 bits per heavy atom. The number of carbonyl (C=O) groups excluding carboxylic acids is 1. The molecule has 100 valence electrons. The molecule has 0 bridgehead atoms. The van der Waals surface area contributed by atoms with E-state index >= 15 is 0 Å². The molecule has 0 N–H and O–H groups in total. The van der Waals surface area contributed by atoms with E-state index in [9.17, 15) is 4.79 Å². The molecule has 0 aliphatic rings. The van der Waals surface area contributed by atoms with Crippen molar-refractivity contribution in [3.63, 3.8) is 0 Å². The third kappa shape index (κ3) is 4.40. The summed E-state index contributed by atoms with van der Waals surface area (Å²) in [6, 6.07) is 6.21. The van der Waals surface area contributed by atoms with E-state index < -0.39 is 0 Å². The number of ether oxygens (including phenoxy) is 2. The molecule has 0 saturated carbocycles. The van der Waals surface area contributed by atoms with Gasteiger partial charge in [0.15, 0.2) is 0 Å². The standard InChI is InChI=1S/C15H22O3/c1-5-17-15(16)8-9-18-14-10-13(11(2)3)7-6-12(14)4/h6-7,10-11H,5,8-9H2,1-4H3. The van der Waals surface area contributed by atoms with E-state index in [0.29, 0.717) is 25.6 Å². The second-order valence-corrected chi connectivity index (χ2v) is 4.58. The number of rotatable bonds is 6. The molecule has 18 heavy (non-hydrogen) atoms. The minimum absolute atomic E-state index is 0.213. The molecule has 0 heterocycles. The summed E-state index contributed by atoms with van der Waals surface area (Å²) in [6.07, 6.45) is 0.291. The van der Waals surface area contributed by atoms with Gasteiger partial charge in [0.2, 0.25) is 0 Å². The van der Waals surface area contributed by atoms with E-state index in [1.165, 1.54) is 5.56 Å². The molecule has 0 atom stereocenters. The molecule has 3 heteroatoms. The Labute approximate surface area is 109 Å². The summed E-state index contributed by atoms with van der Waals surface area (Å²) in [5, 5.41) is 0. The zero-order valence-electron chi connectivity index (χ0n) is 11.7. The highest BCUT2D eigenvalue weighted by Gasteiger charge is 2.06. The molecule has 1 aromatic carbocycles. The largest absolute Gasteiger partial charge is 0.493 e. The maximum atomic E-state index is 11.2. The highest BCUT2D eigenvalue weighted by Crippen LogP contribution is 2.24. The molecule has 1 aromatic rings. The molecule has 0 aromatic heterocycles. The molecule has 0 aliphatic carbocycles. The van der Waals surface area contributed by atoms with Gasteiger partial charge in [0.05, 0.1) is 19.6 Å². The van der Waals surface area contributed by atoms with Crippen LogP contribution in [0, 0.1) is 6.92 Å². The van der Waals surface area contributed by atoms with Crippen LogP contribution in [0.25, 0.3) is 0 Å². The van der Waals surface area contributed by atoms with E-state index in [4.69, 9.17) is 9.47 Å². The molecule has 0 spiro atoms. The summed E-state index contributed by atoms with van der Waals surface area (Å²) in [7, 11) is 0. The van der Waals surface area contributed by atoms with Crippen molar-refractivity contribution in [2.24, 2.45) is 0 Å². The van der Waals surface area contributed by atoms with Crippen LogP contribution >= 0.6 is 0 Å². The number of carbonyl (C=O) groups is 1. The van der Waals surface area contributed by atoms with Crippen LogP contribution in [0.3, 0.4) is 0 Å². The van der Waals surface area contributed by atoms with Gasteiger partial charge in [-0.2, -0.15) is 0 Å². The molecule has 1 rings (SSSR count). The highest BCUT2D eigenvalue weighted by atomic mass is 16.5. The quantitative estimate of drug-likeness (QED) is 0.725.